The minimum absolute atomic E-state index is 0.0468. The van der Waals surface area contributed by atoms with Gasteiger partial charge >= 0.3 is 0 Å². The molecule has 0 spiro atoms. The molecule has 0 radical (unpaired) electrons. The van der Waals surface area contributed by atoms with Crippen LogP contribution in [0.15, 0.2) is 30.3 Å². The summed E-state index contributed by atoms with van der Waals surface area (Å²) < 4.78 is 30.8. The smallest absolute Gasteiger partial charge is 0.270 e. The molecule has 1 aliphatic heterocycles. The molecule has 1 amide bonds. The van der Waals surface area contributed by atoms with Gasteiger partial charge in [0.1, 0.15) is 22.8 Å². The lowest BCUT2D eigenvalue weighted by molar-refractivity contribution is 0.0741. The van der Waals surface area contributed by atoms with Crippen molar-refractivity contribution in [2.24, 2.45) is 0 Å². The molecule has 1 saturated heterocycles. The van der Waals surface area contributed by atoms with Gasteiger partial charge in [0.05, 0.1) is 21.3 Å². The molecule has 0 atom stereocenters. The first-order valence-corrected chi connectivity index (χ1v) is 11.0. The number of H-pyrrole nitrogens is 1. The largest absolute Gasteiger partial charge is 0.496 e. The van der Waals surface area contributed by atoms with Crippen LogP contribution >= 0.6 is 0 Å². The van der Waals surface area contributed by atoms with Crippen LogP contribution in [-0.2, 0) is 0 Å². The number of carbonyl (C=O) groups is 1. The number of nitrogen functional groups attached to an aromatic ring is 1. The second-order valence-electron chi connectivity index (χ2n) is 8.11. The number of hydrogen-bond donors (Lipinski definition) is 2. The third-order valence-electron chi connectivity index (χ3n) is 6.22. The number of halogens is 1. The maximum atomic E-state index is 15.1. The molecule has 2 aromatic heterocycles. The molecule has 0 bridgehead atoms. The van der Waals surface area contributed by atoms with Crippen LogP contribution in [0, 0.1) is 5.82 Å². The molecular weight excluding hydrogens is 455 g/mol. The summed E-state index contributed by atoms with van der Waals surface area (Å²) in [4.78, 5) is 28.7. The lowest BCUT2D eigenvalue weighted by Gasteiger charge is -2.34. The number of nitrogens with one attached hydrogen (secondary N) is 1. The second kappa shape index (κ2) is 8.82. The van der Waals surface area contributed by atoms with Crippen molar-refractivity contribution >= 4 is 39.5 Å². The van der Waals surface area contributed by atoms with Crippen molar-refractivity contribution in [3.05, 3.63) is 41.8 Å². The molecule has 0 aliphatic carbocycles. The van der Waals surface area contributed by atoms with Crippen LogP contribution in [0.25, 0.3) is 21.8 Å². The van der Waals surface area contributed by atoms with Gasteiger partial charge in [-0.05, 0) is 24.3 Å². The quantitative estimate of drug-likeness (QED) is 0.448. The van der Waals surface area contributed by atoms with Crippen molar-refractivity contribution in [3.8, 4) is 17.2 Å². The maximum absolute atomic E-state index is 15.1. The van der Waals surface area contributed by atoms with Crippen LogP contribution in [-0.4, -0.2) is 73.3 Å². The first kappa shape index (κ1) is 22.5. The van der Waals surface area contributed by atoms with E-state index in [0.29, 0.717) is 49.0 Å². The maximum Gasteiger partial charge on any atom is 0.270 e. The van der Waals surface area contributed by atoms with Crippen molar-refractivity contribution in [1.82, 2.24) is 19.9 Å². The number of piperazine rings is 1. The minimum Gasteiger partial charge on any atom is -0.496 e. The molecule has 5 rings (SSSR count). The Morgan fingerprint density at radius 2 is 1.74 bits per heavy atom. The Morgan fingerprint density at radius 3 is 2.43 bits per heavy atom. The van der Waals surface area contributed by atoms with E-state index in [1.54, 1.807) is 24.1 Å². The van der Waals surface area contributed by atoms with E-state index in [9.17, 15) is 4.79 Å². The molecule has 1 aliphatic rings. The summed E-state index contributed by atoms with van der Waals surface area (Å²) >= 11 is 0. The normalized spacial score (nSPS) is 13.9. The molecule has 1 fully saturated rings. The standard InChI is InChI=1S/C24H25FN6O4/c1-33-17-6-4-5-15-13(17)11-16(27-15)23(32)30-7-9-31(10-8-30)24-28-20-14(22(26)29-24)12-18(34-2)21(35-3)19(20)25/h4-6,11-12,27H,7-10H2,1-3H3,(H2,26,28,29). The van der Waals surface area contributed by atoms with E-state index in [-0.39, 0.29) is 28.7 Å². The number of aromatic amines is 1. The Bertz CT molecular complexity index is 1430. The van der Waals surface area contributed by atoms with Gasteiger partial charge in [0.15, 0.2) is 17.3 Å². The van der Waals surface area contributed by atoms with Crippen LogP contribution in [0.1, 0.15) is 10.5 Å². The number of methoxy groups -OCH3 is 3. The van der Waals surface area contributed by atoms with Crippen LogP contribution in [0.5, 0.6) is 17.2 Å². The Hall–Kier alpha value is -4.28. The number of nitrogens with two attached hydrogens (primary N) is 1. The predicted molar refractivity (Wildman–Crippen MR) is 130 cm³/mol. The van der Waals surface area contributed by atoms with Crippen molar-refractivity contribution in [2.75, 3.05) is 58.1 Å². The van der Waals surface area contributed by atoms with Gasteiger partial charge < -0.3 is 34.7 Å². The number of carbonyl (C=O) groups excluding carboxylic acids is 1. The number of anilines is 2. The molecule has 10 nitrogen and oxygen atoms in total. The van der Waals surface area contributed by atoms with Crippen LogP contribution in [0.2, 0.25) is 0 Å². The average Bonchev–Trinajstić information content (AvgIpc) is 3.33. The SMILES string of the molecule is COc1cc2c(N)nc(N3CCN(C(=O)c4cc5c(OC)cccc5[nH]4)CC3)nc2c(F)c1OC. The molecule has 3 N–H and O–H groups in total. The van der Waals surface area contributed by atoms with Crippen molar-refractivity contribution < 1.29 is 23.4 Å². The van der Waals surface area contributed by atoms with Crippen molar-refractivity contribution in [3.63, 3.8) is 0 Å². The summed E-state index contributed by atoms with van der Waals surface area (Å²) in [6.07, 6.45) is 0. The molecule has 0 unspecified atom stereocenters. The Morgan fingerprint density at radius 1 is 1.00 bits per heavy atom. The average molecular weight is 481 g/mol. The highest BCUT2D eigenvalue weighted by Gasteiger charge is 2.26. The van der Waals surface area contributed by atoms with E-state index >= 15 is 4.39 Å². The van der Waals surface area contributed by atoms with Gasteiger partial charge in [-0.15, -0.1) is 0 Å². The van der Waals surface area contributed by atoms with E-state index in [4.69, 9.17) is 19.9 Å². The Balaban J connectivity index is 1.37. The number of nitrogens with zero attached hydrogens (tertiary/aromatic N) is 4. The molecule has 0 saturated carbocycles. The molecule has 182 valence electrons. The Labute approximate surface area is 200 Å². The first-order chi connectivity index (χ1) is 16.9. The zero-order valence-electron chi connectivity index (χ0n) is 19.6. The van der Waals surface area contributed by atoms with E-state index in [0.717, 1.165) is 10.9 Å². The molecular formula is C24H25FN6O4. The van der Waals surface area contributed by atoms with E-state index in [1.165, 1.54) is 14.2 Å². The second-order valence-corrected chi connectivity index (χ2v) is 8.11. The topological polar surface area (TPSA) is 119 Å². The Kier molecular flexibility index (Phi) is 5.67. The number of hydrogen-bond acceptors (Lipinski definition) is 8. The van der Waals surface area contributed by atoms with Crippen LogP contribution in [0.4, 0.5) is 16.2 Å². The third-order valence-corrected chi connectivity index (χ3v) is 6.22. The van der Waals surface area contributed by atoms with Gasteiger partial charge in [0.2, 0.25) is 5.95 Å². The fraction of sp³-hybridized carbons (Fsp3) is 0.292. The monoisotopic (exact) mass is 480 g/mol. The highest BCUT2D eigenvalue weighted by Crippen LogP contribution is 2.37. The highest BCUT2D eigenvalue weighted by molar-refractivity contribution is 6.00. The van der Waals surface area contributed by atoms with Gasteiger partial charge in [0, 0.05) is 42.5 Å². The number of amides is 1. The van der Waals surface area contributed by atoms with Gasteiger partial charge in [-0.3, -0.25) is 4.79 Å². The first-order valence-electron chi connectivity index (χ1n) is 11.0. The van der Waals surface area contributed by atoms with Crippen LogP contribution < -0.4 is 24.8 Å². The van der Waals surface area contributed by atoms with E-state index in [1.807, 2.05) is 23.1 Å². The fourth-order valence-corrected chi connectivity index (χ4v) is 4.38. The number of ether oxygens (including phenoxy) is 3. The van der Waals surface area contributed by atoms with E-state index in [2.05, 4.69) is 15.0 Å². The van der Waals surface area contributed by atoms with Gasteiger partial charge in [0.25, 0.3) is 5.91 Å². The summed E-state index contributed by atoms with van der Waals surface area (Å²) in [6, 6.07) is 8.99. The zero-order valence-corrected chi connectivity index (χ0v) is 19.6. The summed E-state index contributed by atoms with van der Waals surface area (Å²) in [6.45, 7) is 1.83. The van der Waals surface area contributed by atoms with Gasteiger partial charge in [-0.2, -0.15) is 4.98 Å². The lowest BCUT2D eigenvalue weighted by atomic mass is 10.2. The van der Waals surface area contributed by atoms with Crippen molar-refractivity contribution in [2.45, 2.75) is 0 Å². The molecule has 3 heterocycles. The number of aromatic nitrogens is 3. The predicted octanol–water partition coefficient (Wildman–Crippen LogP) is 2.82. The third kappa shape index (κ3) is 3.78. The lowest BCUT2D eigenvalue weighted by Crippen LogP contribution is -2.49. The van der Waals surface area contributed by atoms with Gasteiger partial charge in [-0.1, -0.05) is 6.07 Å². The molecule has 35 heavy (non-hydrogen) atoms. The van der Waals surface area contributed by atoms with E-state index < -0.39 is 5.82 Å². The number of fused-ring (bicyclic) bond motifs is 2. The summed E-state index contributed by atoms with van der Waals surface area (Å²) in [5, 5.41) is 1.19. The molecule has 2 aromatic carbocycles. The van der Waals surface area contributed by atoms with Gasteiger partial charge in [-0.25, -0.2) is 9.37 Å². The molecule has 11 heteroatoms. The summed E-state index contributed by atoms with van der Waals surface area (Å²) in [5.74, 6) is 0.524. The zero-order chi connectivity index (χ0) is 24.7. The minimum atomic E-state index is -0.666. The summed E-state index contributed by atoms with van der Waals surface area (Å²) in [5.41, 5.74) is 7.52. The fourth-order valence-electron chi connectivity index (χ4n) is 4.38. The number of rotatable bonds is 5. The highest BCUT2D eigenvalue weighted by atomic mass is 19.1. The van der Waals surface area contributed by atoms with Crippen molar-refractivity contribution in [1.29, 1.82) is 0 Å². The van der Waals surface area contributed by atoms with Crippen LogP contribution in [0.3, 0.4) is 0 Å². The summed E-state index contributed by atoms with van der Waals surface area (Å²) in [7, 11) is 4.38. The number of benzene rings is 2. The molecule has 4 aromatic rings.